The molecule has 1 fully saturated rings. The van der Waals surface area contributed by atoms with Crippen LogP contribution in [-0.2, 0) is 11.3 Å². The molecule has 1 aromatic heterocycles. The van der Waals surface area contributed by atoms with E-state index in [9.17, 15) is 19.5 Å². The van der Waals surface area contributed by atoms with Crippen molar-refractivity contribution in [2.45, 2.75) is 25.6 Å². The number of amides is 2. The van der Waals surface area contributed by atoms with Gasteiger partial charge in [-0.2, -0.15) is 0 Å². The van der Waals surface area contributed by atoms with Gasteiger partial charge in [0.15, 0.2) is 0 Å². The van der Waals surface area contributed by atoms with Crippen LogP contribution in [0.2, 0.25) is 0 Å². The maximum absolute atomic E-state index is 13.5. The minimum Gasteiger partial charge on any atom is -0.396 e. The average molecular weight is 421 g/mol. The first-order valence-electron chi connectivity index (χ1n) is 10.5. The SMILES string of the molecule is C/C=C\c1ccc2n(c1=O)C[C@H]1[C@H](CO)[C@@H](C(=O)N(C)C)[C@@H]2N1C(=O)c1ccccc1. The average Bonchev–Trinajstić information content (AvgIpc) is 3.01. The van der Waals surface area contributed by atoms with Crippen LogP contribution in [0.5, 0.6) is 0 Å². The summed E-state index contributed by atoms with van der Waals surface area (Å²) < 4.78 is 1.67. The van der Waals surface area contributed by atoms with E-state index < -0.39 is 23.9 Å². The van der Waals surface area contributed by atoms with E-state index in [2.05, 4.69) is 0 Å². The van der Waals surface area contributed by atoms with Gasteiger partial charge in [-0.15, -0.1) is 0 Å². The summed E-state index contributed by atoms with van der Waals surface area (Å²) in [5, 5.41) is 10.3. The Hall–Kier alpha value is -3.19. The number of aromatic nitrogens is 1. The zero-order valence-electron chi connectivity index (χ0n) is 17.9. The highest BCUT2D eigenvalue weighted by Crippen LogP contribution is 2.49. The maximum atomic E-state index is 13.5. The quantitative estimate of drug-likeness (QED) is 0.816. The molecule has 1 aromatic carbocycles. The van der Waals surface area contributed by atoms with Crippen LogP contribution >= 0.6 is 0 Å². The van der Waals surface area contributed by atoms with E-state index in [1.54, 1.807) is 66.0 Å². The third kappa shape index (κ3) is 3.29. The minimum atomic E-state index is -0.627. The van der Waals surface area contributed by atoms with Crippen LogP contribution in [-0.4, -0.2) is 58.0 Å². The number of aliphatic hydroxyl groups excluding tert-OH is 1. The maximum Gasteiger partial charge on any atom is 0.258 e. The lowest BCUT2D eigenvalue weighted by molar-refractivity contribution is -0.135. The van der Waals surface area contributed by atoms with E-state index in [1.165, 1.54) is 4.90 Å². The van der Waals surface area contributed by atoms with Gasteiger partial charge < -0.3 is 19.5 Å². The van der Waals surface area contributed by atoms with Gasteiger partial charge in [-0.25, -0.2) is 0 Å². The molecule has 0 radical (unpaired) electrons. The number of hydrogen-bond acceptors (Lipinski definition) is 4. The van der Waals surface area contributed by atoms with Crippen molar-refractivity contribution in [1.82, 2.24) is 14.4 Å². The molecule has 162 valence electrons. The van der Waals surface area contributed by atoms with E-state index >= 15 is 0 Å². The summed E-state index contributed by atoms with van der Waals surface area (Å²) in [4.78, 5) is 43.1. The van der Waals surface area contributed by atoms with Crippen molar-refractivity contribution < 1.29 is 14.7 Å². The van der Waals surface area contributed by atoms with Gasteiger partial charge in [-0.3, -0.25) is 14.4 Å². The number of allylic oxidation sites excluding steroid dienone is 1. The third-order valence-corrected chi connectivity index (χ3v) is 6.40. The third-order valence-electron chi connectivity index (χ3n) is 6.40. The fourth-order valence-corrected chi connectivity index (χ4v) is 5.02. The molecule has 2 aromatic rings. The molecule has 7 nitrogen and oxygen atoms in total. The topological polar surface area (TPSA) is 82.8 Å². The molecule has 2 bridgehead atoms. The molecule has 0 saturated carbocycles. The molecule has 2 aliphatic heterocycles. The lowest BCUT2D eigenvalue weighted by atomic mass is 9.86. The van der Waals surface area contributed by atoms with Crippen LogP contribution < -0.4 is 5.56 Å². The molecule has 7 heteroatoms. The molecule has 1 N–H and O–H groups in total. The summed E-state index contributed by atoms with van der Waals surface area (Å²) in [5.74, 6) is -1.44. The Kier molecular flexibility index (Phi) is 5.54. The number of carbonyl (C=O) groups excluding carboxylic acids is 2. The van der Waals surface area contributed by atoms with Gasteiger partial charge in [0.05, 0.1) is 18.0 Å². The van der Waals surface area contributed by atoms with E-state index in [4.69, 9.17) is 0 Å². The Morgan fingerprint density at radius 3 is 2.48 bits per heavy atom. The number of rotatable bonds is 4. The number of aliphatic hydroxyl groups is 1. The molecule has 4 rings (SSSR count). The Morgan fingerprint density at radius 1 is 1.16 bits per heavy atom. The molecule has 3 heterocycles. The van der Waals surface area contributed by atoms with Crippen molar-refractivity contribution in [3.05, 3.63) is 75.7 Å². The fraction of sp³-hybridized carbons (Fsp3) is 0.375. The van der Waals surface area contributed by atoms with Gasteiger partial charge in [0.25, 0.3) is 11.5 Å². The molecular formula is C24H27N3O4. The van der Waals surface area contributed by atoms with Crippen molar-refractivity contribution in [3.8, 4) is 0 Å². The van der Waals surface area contributed by atoms with Crippen molar-refractivity contribution >= 4 is 17.9 Å². The highest BCUT2D eigenvalue weighted by molar-refractivity contribution is 5.96. The Bertz CT molecular complexity index is 1090. The Morgan fingerprint density at radius 2 is 1.87 bits per heavy atom. The second-order valence-electron chi connectivity index (χ2n) is 8.32. The monoisotopic (exact) mass is 421 g/mol. The van der Waals surface area contributed by atoms with Gasteiger partial charge in [0, 0.05) is 50.0 Å². The van der Waals surface area contributed by atoms with Crippen LogP contribution in [0, 0.1) is 11.8 Å². The molecule has 31 heavy (non-hydrogen) atoms. The predicted octanol–water partition coefficient (Wildman–Crippen LogP) is 1.77. The Labute approximate surface area is 181 Å². The number of fused-ring (bicyclic) bond motifs is 4. The van der Waals surface area contributed by atoms with Gasteiger partial charge in [0.2, 0.25) is 5.91 Å². The van der Waals surface area contributed by atoms with Crippen LogP contribution in [0.4, 0.5) is 0 Å². The standard InChI is InChI=1S/C24H27N3O4/c1-4-8-15-11-12-18-21-20(24(31)25(2)3)17(14-28)19(13-26(18)22(15)29)27(21)23(30)16-9-6-5-7-10-16/h4-12,17,19-21,28H,13-14H2,1-3H3/b8-4-/t17-,19-,20+,21+/m0/s1. The van der Waals surface area contributed by atoms with Gasteiger partial charge in [-0.1, -0.05) is 30.4 Å². The molecular weight excluding hydrogens is 394 g/mol. The van der Waals surface area contributed by atoms with Crippen LogP contribution in [0.15, 0.2) is 53.3 Å². The fourth-order valence-electron chi connectivity index (χ4n) is 5.02. The summed E-state index contributed by atoms with van der Waals surface area (Å²) in [6.07, 6.45) is 3.56. The van der Waals surface area contributed by atoms with Crippen molar-refractivity contribution in [1.29, 1.82) is 0 Å². The van der Waals surface area contributed by atoms with Crippen LogP contribution in [0.1, 0.15) is 34.6 Å². The summed E-state index contributed by atoms with van der Waals surface area (Å²) in [6.45, 7) is 1.85. The van der Waals surface area contributed by atoms with Crippen LogP contribution in [0.3, 0.4) is 0 Å². The highest BCUT2D eigenvalue weighted by atomic mass is 16.3. The summed E-state index contributed by atoms with van der Waals surface area (Å²) in [6, 6.07) is 11.4. The van der Waals surface area contributed by atoms with E-state index in [0.29, 0.717) is 16.8 Å². The lowest BCUT2D eigenvalue weighted by Crippen LogP contribution is -2.49. The number of benzene rings is 1. The molecule has 1 saturated heterocycles. The highest BCUT2D eigenvalue weighted by Gasteiger charge is 2.57. The van der Waals surface area contributed by atoms with Crippen LogP contribution in [0.25, 0.3) is 6.08 Å². The van der Waals surface area contributed by atoms with E-state index in [1.807, 2.05) is 19.1 Å². The summed E-state index contributed by atoms with van der Waals surface area (Å²) >= 11 is 0. The smallest absolute Gasteiger partial charge is 0.258 e. The first-order chi connectivity index (χ1) is 14.9. The first-order valence-corrected chi connectivity index (χ1v) is 10.5. The van der Waals surface area contributed by atoms with Gasteiger partial charge in [-0.05, 0) is 31.2 Å². The molecule has 2 amide bonds. The van der Waals surface area contributed by atoms with Crippen molar-refractivity contribution in [2.24, 2.45) is 11.8 Å². The van der Waals surface area contributed by atoms with Crippen molar-refractivity contribution in [3.63, 3.8) is 0 Å². The molecule has 4 atom stereocenters. The van der Waals surface area contributed by atoms with E-state index in [0.717, 1.165) is 0 Å². The van der Waals surface area contributed by atoms with E-state index in [-0.39, 0.29) is 30.5 Å². The molecule has 0 aliphatic carbocycles. The second kappa shape index (κ2) is 8.15. The lowest BCUT2D eigenvalue weighted by Gasteiger charge is -2.38. The molecule has 0 spiro atoms. The number of pyridine rings is 1. The normalized spacial score (nSPS) is 24.3. The number of hydrogen-bond donors (Lipinski definition) is 1. The van der Waals surface area contributed by atoms with Crippen molar-refractivity contribution in [2.75, 3.05) is 20.7 Å². The summed E-state index contributed by atoms with van der Waals surface area (Å²) in [7, 11) is 3.34. The first kappa shape index (κ1) is 21.1. The minimum absolute atomic E-state index is 0.146. The second-order valence-corrected chi connectivity index (χ2v) is 8.32. The number of nitrogens with zero attached hydrogens (tertiary/aromatic N) is 3. The van der Waals surface area contributed by atoms with Gasteiger partial charge >= 0.3 is 0 Å². The zero-order valence-corrected chi connectivity index (χ0v) is 17.9. The predicted molar refractivity (Wildman–Crippen MR) is 117 cm³/mol. The Balaban J connectivity index is 1.91. The summed E-state index contributed by atoms with van der Waals surface area (Å²) in [5.41, 5.74) is 1.57. The van der Waals surface area contributed by atoms with Gasteiger partial charge in [0.1, 0.15) is 0 Å². The molecule has 0 unspecified atom stereocenters. The zero-order chi connectivity index (χ0) is 22.3. The molecule has 2 aliphatic rings. The number of carbonyl (C=O) groups is 2. The largest absolute Gasteiger partial charge is 0.396 e.